The van der Waals surface area contributed by atoms with E-state index in [4.69, 9.17) is 5.11 Å². The number of carboxylic acids is 1. The lowest BCUT2D eigenvalue weighted by atomic mass is 10.3. The summed E-state index contributed by atoms with van der Waals surface area (Å²) in [6, 6.07) is -0.0238. The predicted molar refractivity (Wildman–Crippen MR) is 75.7 cm³/mol. The van der Waals surface area contributed by atoms with Crippen LogP contribution in [0.1, 0.15) is 12.2 Å². The number of aromatic nitrogens is 2. The fraction of sp³-hybridized carbons (Fsp3) is 0.615. The topological polar surface area (TPSA) is 92.8 Å². The number of amides is 2. The number of hydrogen-bond donors (Lipinski definition) is 2. The Balaban J connectivity index is 1.76. The summed E-state index contributed by atoms with van der Waals surface area (Å²) in [5, 5.41) is 8.67. The molecule has 2 heterocycles. The van der Waals surface area contributed by atoms with E-state index in [9.17, 15) is 9.59 Å². The highest BCUT2D eigenvalue weighted by Crippen LogP contribution is 2.07. The molecule has 8 nitrogen and oxygen atoms in total. The number of carboxylic acid groups (broad SMARTS) is 1. The maximum Gasteiger partial charge on any atom is 0.320 e. The molecule has 0 saturated carbocycles. The van der Waals surface area contributed by atoms with Crippen LogP contribution in [-0.2, 0) is 11.3 Å². The van der Waals surface area contributed by atoms with Crippen molar-refractivity contribution in [2.24, 2.45) is 0 Å². The number of urea groups is 1. The Morgan fingerprint density at radius 2 is 2.10 bits per heavy atom. The number of carbonyl (C=O) groups is 2. The van der Waals surface area contributed by atoms with Crippen molar-refractivity contribution in [1.29, 1.82) is 0 Å². The van der Waals surface area contributed by atoms with Gasteiger partial charge in [0.15, 0.2) is 0 Å². The average molecular weight is 295 g/mol. The molecule has 0 aromatic carbocycles. The molecule has 1 aliphatic rings. The van der Waals surface area contributed by atoms with Gasteiger partial charge in [-0.2, -0.15) is 0 Å². The summed E-state index contributed by atoms with van der Waals surface area (Å²) in [4.78, 5) is 35.4. The molecule has 1 aliphatic heterocycles. The van der Waals surface area contributed by atoms with Crippen LogP contribution >= 0.6 is 0 Å². The Kier molecular flexibility index (Phi) is 5.15. The van der Waals surface area contributed by atoms with E-state index in [1.54, 1.807) is 29.2 Å². The van der Waals surface area contributed by atoms with Crippen LogP contribution in [0.5, 0.6) is 0 Å². The van der Waals surface area contributed by atoms with Crippen molar-refractivity contribution in [2.75, 3.05) is 39.8 Å². The lowest BCUT2D eigenvalue weighted by Crippen LogP contribution is -2.52. The third kappa shape index (κ3) is 4.45. The highest BCUT2D eigenvalue weighted by atomic mass is 16.4. The van der Waals surface area contributed by atoms with Crippen LogP contribution < -0.4 is 0 Å². The van der Waals surface area contributed by atoms with Gasteiger partial charge in [0.25, 0.3) is 0 Å². The van der Waals surface area contributed by atoms with Gasteiger partial charge < -0.3 is 19.9 Å². The van der Waals surface area contributed by atoms with Crippen molar-refractivity contribution in [1.82, 2.24) is 24.7 Å². The number of rotatable bonds is 5. The van der Waals surface area contributed by atoms with Gasteiger partial charge in [-0.25, -0.2) is 9.78 Å². The number of nitrogens with one attached hydrogen (secondary N) is 1. The van der Waals surface area contributed by atoms with E-state index in [0.29, 0.717) is 39.3 Å². The monoisotopic (exact) mass is 295 g/mol. The second-order valence-corrected chi connectivity index (χ2v) is 5.15. The molecular formula is C13H21N5O3. The van der Waals surface area contributed by atoms with Crippen LogP contribution in [-0.4, -0.2) is 81.5 Å². The summed E-state index contributed by atoms with van der Waals surface area (Å²) >= 11 is 0. The average Bonchev–Trinajstić information content (AvgIpc) is 2.97. The second-order valence-electron chi connectivity index (χ2n) is 5.15. The van der Waals surface area contributed by atoms with Crippen LogP contribution in [0.25, 0.3) is 0 Å². The minimum absolute atomic E-state index is 0.0238. The van der Waals surface area contributed by atoms with Gasteiger partial charge in [0.2, 0.25) is 0 Å². The molecule has 0 spiro atoms. The number of hydrogen-bond acceptors (Lipinski definition) is 4. The van der Waals surface area contributed by atoms with Crippen LogP contribution in [0.2, 0.25) is 0 Å². The van der Waals surface area contributed by atoms with E-state index >= 15 is 0 Å². The van der Waals surface area contributed by atoms with Gasteiger partial charge >= 0.3 is 12.0 Å². The highest BCUT2D eigenvalue weighted by Gasteiger charge is 2.23. The minimum Gasteiger partial charge on any atom is -0.481 e. The van der Waals surface area contributed by atoms with Crippen molar-refractivity contribution in [3.63, 3.8) is 0 Å². The first-order valence-corrected chi connectivity index (χ1v) is 6.98. The molecular weight excluding hydrogens is 274 g/mol. The zero-order chi connectivity index (χ0) is 15.2. The van der Waals surface area contributed by atoms with Crippen LogP contribution in [0, 0.1) is 0 Å². The van der Waals surface area contributed by atoms with Crippen LogP contribution in [0.15, 0.2) is 12.4 Å². The molecule has 116 valence electrons. The molecule has 0 atom stereocenters. The lowest BCUT2D eigenvalue weighted by molar-refractivity contribution is -0.137. The molecule has 1 saturated heterocycles. The molecule has 0 bridgehead atoms. The number of imidazole rings is 1. The Morgan fingerprint density at radius 3 is 2.67 bits per heavy atom. The van der Waals surface area contributed by atoms with Crippen LogP contribution in [0.3, 0.4) is 0 Å². The Bertz CT molecular complexity index is 468. The van der Waals surface area contributed by atoms with E-state index < -0.39 is 5.97 Å². The molecule has 2 rings (SSSR count). The molecule has 2 N–H and O–H groups in total. The first-order chi connectivity index (χ1) is 10.1. The maximum absolute atomic E-state index is 12.3. The van der Waals surface area contributed by atoms with E-state index in [1.807, 2.05) is 0 Å². The number of aromatic amines is 1. The minimum atomic E-state index is -0.785. The molecule has 0 aliphatic carbocycles. The molecule has 0 radical (unpaired) electrons. The first kappa shape index (κ1) is 15.3. The van der Waals surface area contributed by atoms with Crippen LogP contribution in [0.4, 0.5) is 4.79 Å². The number of aliphatic carboxylic acids is 1. The van der Waals surface area contributed by atoms with Crippen molar-refractivity contribution in [2.45, 2.75) is 13.0 Å². The summed E-state index contributed by atoms with van der Waals surface area (Å²) in [6.07, 6.45) is 3.54. The Hall–Kier alpha value is -2.09. The molecule has 1 aromatic heterocycles. The van der Waals surface area contributed by atoms with Gasteiger partial charge in [-0.15, -0.1) is 0 Å². The number of carbonyl (C=O) groups excluding carboxylic acids is 1. The summed E-state index contributed by atoms with van der Waals surface area (Å²) < 4.78 is 0. The summed E-state index contributed by atoms with van der Waals surface area (Å²) in [5.74, 6) is -0.0300. The number of nitrogens with zero attached hydrogens (tertiary/aromatic N) is 4. The smallest absolute Gasteiger partial charge is 0.320 e. The van der Waals surface area contributed by atoms with E-state index in [1.165, 1.54) is 0 Å². The fourth-order valence-corrected chi connectivity index (χ4v) is 2.33. The van der Waals surface area contributed by atoms with E-state index in [2.05, 4.69) is 14.9 Å². The van der Waals surface area contributed by atoms with Crippen molar-refractivity contribution < 1.29 is 14.7 Å². The van der Waals surface area contributed by atoms with Crippen molar-refractivity contribution in [3.05, 3.63) is 18.2 Å². The molecule has 1 fully saturated rings. The van der Waals surface area contributed by atoms with Gasteiger partial charge in [-0.05, 0) is 0 Å². The lowest BCUT2D eigenvalue weighted by Gasteiger charge is -2.36. The summed E-state index contributed by atoms with van der Waals surface area (Å²) in [6.45, 7) is 3.67. The summed E-state index contributed by atoms with van der Waals surface area (Å²) in [7, 11) is 1.75. The van der Waals surface area contributed by atoms with E-state index in [0.717, 1.165) is 5.82 Å². The largest absolute Gasteiger partial charge is 0.481 e. The van der Waals surface area contributed by atoms with E-state index in [-0.39, 0.29) is 12.5 Å². The molecule has 0 unspecified atom stereocenters. The molecule has 2 amide bonds. The molecule has 21 heavy (non-hydrogen) atoms. The molecule has 1 aromatic rings. The summed E-state index contributed by atoms with van der Waals surface area (Å²) in [5.41, 5.74) is 0. The fourth-order valence-electron chi connectivity index (χ4n) is 2.33. The first-order valence-electron chi connectivity index (χ1n) is 6.98. The Morgan fingerprint density at radius 1 is 1.38 bits per heavy atom. The third-order valence-corrected chi connectivity index (χ3v) is 3.55. The quantitative estimate of drug-likeness (QED) is 0.801. The van der Waals surface area contributed by atoms with Gasteiger partial charge in [-0.1, -0.05) is 0 Å². The van der Waals surface area contributed by atoms with Crippen molar-refractivity contribution in [3.8, 4) is 0 Å². The normalized spacial score (nSPS) is 16.0. The third-order valence-electron chi connectivity index (χ3n) is 3.55. The number of piperazine rings is 1. The maximum atomic E-state index is 12.3. The van der Waals surface area contributed by atoms with Gasteiger partial charge in [0.1, 0.15) is 5.82 Å². The Labute approximate surface area is 123 Å². The number of H-pyrrole nitrogens is 1. The SMILES string of the molecule is CN(Cc1ncc[nH]1)C(=O)N1CCN(CCC(=O)O)CC1. The van der Waals surface area contributed by atoms with Crippen molar-refractivity contribution >= 4 is 12.0 Å². The van der Waals surface area contributed by atoms with Gasteiger partial charge in [-0.3, -0.25) is 9.69 Å². The predicted octanol–water partition coefficient (Wildman–Crippen LogP) is 0.0538. The van der Waals surface area contributed by atoms with Gasteiger partial charge in [0, 0.05) is 52.2 Å². The zero-order valence-electron chi connectivity index (χ0n) is 12.2. The zero-order valence-corrected chi connectivity index (χ0v) is 12.2. The molecule has 8 heteroatoms. The van der Waals surface area contributed by atoms with Gasteiger partial charge in [0.05, 0.1) is 13.0 Å². The highest BCUT2D eigenvalue weighted by molar-refractivity contribution is 5.74. The standard InChI is InChI=1S/C13H21N5O3/c1-16(10-11-14-3-4-15-11)13(21)18-8-6-17(7-9-18)5-2-12(19)20/h3-4H,2,5-10H2,1H3,(H,14,15)(H,19,20). The second kappa shape index (κ2) is 7.07.